The number of nitrogens with one attached hydrogen (secondary N) is 1. The van der Waals surface area contributed by atoms with Gasteiger partial charge in [0, 0.05) is 11.6 Å². The van der Waals surface area contributed by atoms with Crippen molar-refractivity contribution in [2.75, 3.05) is 12.4 Å². The first-order valence-electron chi connectivity index (χ1n) is 6.18. The van der Waals surface area contributed by atoms with E-state index in [0.29, 0.717) is 21.5 Å². The van der Waals surface area contributed by atoms with Crippen molar-refractivity contribution in [3.05, 3.63) is 64.1 Å². The van der Waals surface area contributed by atoms with Gasteiger partial charge >= 0.3 is 0 Å². The summed E-state index contributed by atoms with van der Waals surface area (Å²) in [6.45, 7) is 0. The maximum Gasteiger partial charge on any atom is 0.248 e. The van der Waals surface area contributed by atoms with Gasteiger partial charge in [0.25, 0.3) is 0 Å². The molecule has 0 atom stereocenters. The number of halogens is 2. The molecule has 2 rings (SSSR count). The number of carbonyl (C=O) groups excluding carboxylic acids is 1. The Kier molecular flexibility index (Phi) is 5.26. The Bertz CT molecular complexity index is 663. The van der Waals surface area contributed by atoms with Crippen LogP contribution in [0.2, 0.25) is 10.0 Å². The Morgan fingerprint density at radius 3 is 2.43 bits per heavy atom. The molecule has 0 fully saturated rings. The van der Waals surface area contributed by atoms with E-state index in [2.05, 4.69) is 5.32 Å². The van der Waals surface area contributed by atoms with E-state index in [1.54, 1.807) is 31.4 Å². The van der Waals surface area contributed by atoms with Crippen LogP contribution in [-0.4, -0.2) is 13.0 Å². The number of para-hydroxylation sites is 2. The maximum atomic E-state index is 11.9. The molecule has 1 N–H and O–H groups in total. The Labute approximate surface area is 133 Å². The van der Waals surface area contributed by atoms with E-state index in [0.717, 1.165) is 5.56 Å². The summed E-state index contributed by atoms with van der Waals surface area (Å²) >= 11 is 12.0. The van der Waals surface area contributed by atoms with Crippen molar-refractivity contribution in [2.24, 2.45) is 0 Å². The van der Waals surface area contributed by atoms with Crippen LogP contribution in [-0.2, 0) is 4.79 Å². The molecule has 21 heavy (non-hydrogen) atoms. The number of ether oxygens (including phenoxy) is 1. The lowest BCUT2D eigenvalue weighted by Gasteiger charge is -2.07. The molecule has 0 bridgehead atoms. The van der Waals surface area contributed by atoms with E-state index in [-0.39, 0.29) is 5.91 Å². The lowest BCUT2D eigenvalue weighted by molar-refractivity contribution is -0.111. The number of rotatable bonds is 4. The fourth-order valence-electron chi connectivity index (χ4n) is 1.75. The molecular weight excluding hydrogens is 309 g/mol. The standard InChI is InChI=1S/C16H13Cl2NO2/c1-21-14-8-3-2-5-11(14)9-10-15(20)19-16-12(17)6-4-7-13(16)18/h2-10H,1H3,(H,19,20)/b10-9+. The highest BCUT2D eigenvalue weighted by Gasteiger charge is 2.07. The van der Waals surface area contributed by atoms with Gasteiger partial charge < -0.3 is 10.1 Å². The molecular formula is C16H13Cl2NO2. The number of hydrogen-bond donors (Lipinski definition) is 1. The fraction of sp³-hybridized carbons (Fsp3) is 0.0625. The molecule has 0 saturated carbocycles. The van der Waals surface area contributed by atoms with Gasteiger partial charge in [-0.1, -0.05) is 47.5 Å². The largest absolute Gasteiger partial charge is 0.496 e. The SMILES string of the molecule is COc1ccccc1/C=C/C(=O)Nc1c(Cl)cccc1Cl. The smallest absolute Gasteiger partial charge is 0.248 e. The molecule has 2 aromatic rings. The number of hydrogen-bond acceptors (Lipinski definition) is 2. The minimum absolute atomic E-state index is 0.323. The van der Waals surface area contributed by atoms with Crippen LogP contribution in [0, 0.1) is 0 Å². The molecule has 0 aliphatic carbocycles. The van der Waals surface area contributed by atoms with Crippen LogP contribution >= 0.6 is 23.2 Å². The Morgan fingerprint density at radius 1 is 1.10 bits per heavy atom. The Morgan fingerprint density at radius 2 is 1.76 bits per heavy atom. The highest BCUT2D eigenvalue weighted by Crippen LogP contribution is 2.29. The molecule has 5 heteroatoms. The van der Waals surface area contributed by atoms with Crippen LogP contribution in [0.3, 0.4) is 0 Å². The maximum absolute atomic E-state index is 11.9. The lowest BCUT2D eigenvalue weighted by atomic mass is 10.2. The van der Waals surface area contributed by atoms with Crippen molar-refractivity contribution in [1.29, 1.82) is 0 Å². The number of amides is 1. The van der Waals surface area contributed by atoms with Crippen molar-refractivity contribution >= 4 is 40.9 Å². The summed E-state index contributed by atoms with van der Waals surface area (Å²) in [6.07, 6.45) is 3.07. The average molecular weight is 322 g/mol. The van der Waals surface area contributed by atoms with E-state index in [1.807, 2.05) is 24.3 Å². The monoisotopic (exact) mass is 321 g/mol. The Hall–Kier alpha value is -1.97. The first kappa shape index (κ1) is 15.4. The molecule has 2 aromatic carbocycles. The molecule has 0 spiro atoms. The first-order valence-corrected chi connectivity index (χ1v) is 6.93. The predicted molar refractivity (Wildman–Crippen MR) is 87.1 cm³/mol. The summed E-state index contributed by atoms with van der Waals surface area (Å²) < 4.78 is 5.21. The molecule has 3 nitrogen and oxygen atoms in total. The second-order valence-corrected chi connectivity index (χ2v) is 4.98. The van der Waals surface area contributed by atoms with Gasteiger partial charge in [-0.3, -0.25) is 4.79 Å². The van der Waals surface area contributed by atoms with Crippen LogP contribution in [0.5, 0.6) is 5.75 Å². The van der Waals surface area contributed by atoms with Gasteiger partial charge in [0.2, 0.25) is 5.91 Å². The van der Waals surface area contributed by atoms with Gasteiger partial charge in [-0.25, -0.2) is 0 Å². The Balaban J connectivity index is 2.13. The highest BCUT2D eigenvalue weighted by molar-refractivity contribution is 6.39. The van der Waals surface area contributed by atoms with Gasteiger partial charge in [-0.15, -0.1) is 0 Å². The van der Waals surface area contributed by atoms with Crippen LogP contribution in [0.4, 0.5) is 5.69 Å². The van der Waals surface area contributed by atoms with Crippen molar-refractivity contribution in [2.45, 2.75) is 0 Å². The third-order valence-electron chi connectivity index (χ3n) is 2.76. The number of methoxy groups -OCH3 is 1. The zero-order chi connectivity index (χ0) is 15.2. The molecule has 0 unspecified atom stereocenters. The third-order valence-corrected chi connectivity index (χ3v) is 3.39. The van der Waals surface area contributed by atoms with E-state index in [4.69, 9.17) is 27.9 Å². The van der Waals surface area contributed by atoms with Crippen molar-refractivity contribution in [3.63, 3.8) is 0 Å². The summed E-state index contributed by atoms with van der Waals surface area (Å²) in [6, 6.07) is 12.4. The van der Waals surface area contributed by atoms with Crippen molar-refractivity contribution < 1.29 is 9.53 Å². The minimum atomic E-state index is -0.323. The predicted octanol–water partition coefficient (Wildman–Crippen LogP) is 4.65. The highest BCUT2D eigenvalue weighted by atomic mass is 35.5. The molecule has 0 aliphatic heterocycles. The second-order valence-electron chi connectivity index (χ2n) is 4.16. The summed E-state index contributed by atoms with van der Waals surface area (Å²) in [5.74, 6) is 0.369. The zero-order valence-electron chi connectivity index (χ0n) is 11.3. The van der Waals surface area contributed by atoms with E-state index in [9.17, 15) is 4.79 Å². The van der Waals surface area contributed by atoms with Crippen molar-refractivity contribution in [1.82, 2.24) is 0 Å². The van der Waals surface area contributed by atoms with Crippen LogP contribution in [0.25, 0.3) is 6.08 Å². The van der Waals surface area contributed by atoms with Crippen LogP contribution in [0.15, 0.2) is 48.5 Å². The topological polar surface area (TPSA) is 38.3 Å². The average Bonchev–Trinajstić information content (AvgIpc) is 2.49. The molecule has 0 radical (unpaired) electrons. The number of anilines is 1. The summed E-state index contributed by atoms with van der Waals surface area (Å²) in [4.78, 5) is 11.9. The van der Waals surface area contributed by atoms with Gasteiger partial charge in [0.1, 0.15) is 5.75 Å². The summed E-state index contributed by atoms with van der Waals surface area (Å²) in [5.41, 5.74) is 1.20. The zero-order valence-corrected chi connectivity index (χ0v) is 12.8. The van der Waals surface area contributed by atoms with Crippen molar-refractivity contribution in [3.8, 4) is 5.75 Å². The van der Waals surface area contributed by atoms with Gasteiger partial charge in [0.15, 0.2) is 0 Å². The molecule has 1 amide bonds. The third kappa shape index (κ3) is 4.00. The van der Waals surface area contributed by atoms with E-state index in [1.165, 1.54) is 6.08 Å². The number of benzene rings is 2. The van der Waals surface area contributed by atoms with Crippen LogP contribution in [0.1, 0.15) is 5.56 Å². The van der Waals surface area contributed by atoms with Crippen LogP contribution < -0.4 is 10.1 Å². The molecule has 0 aromatic heterocycles. The molecule has 0 aliphatic rings. The lowest BCUT2D eigenvalue weighted by Crippen LogP contribution is -2.08. The molecule has 0 saturated heterocycles. The summed E-state index contributed by atoms with van der Waals surface area (Å²) in [5, 5.41) is 3.44. The minimum Gasteiger partial charge on any atom is -0.496 e. The van der Waals surface area contributed by atoms with Gasteiger partial charge in [0.05, 0.1) is 22.8 Å². The second kappa shape index (κ2) is 7.16. The summed E-state index contributed by atoms with van der Waals surface area (Å²) in [7, 11) is 1.58. The molecule has 108 valence electrons. The number of carbonyl (C=O) groups is 1. The first-order chi connectivity index (χ1) is 10.1. The van der Waals surface area contributed by atoms with Gasteiger partial charge in [-0.2, -0.15) is 0 Å². The fourth-order valence-corrected chi connectivity index (χ4v) is 2.24. The molecule has 0 heterocycles. The van der Waals surface area contributed by atoms with E-state index >= 15 is 0 Å². The van der Waals surface area contributed by atoms with Gasteiger partial charge in [-0.05, 0) is 24.3 Å². The quantitative estimate of drug-likeness (QED) is 0.832. The van der Waals surface area contributed by atoms with E-state index < -0.39 is 0 Å². The normalized spacial score (nSPS) is 10.6.